The summed E-state index contributed by atoms with van der Waals surface area (Å²) >= 11 is 0. The fraction of sp³-hybridized carbons (Fsp3) is 0.333. The van der Waals surface area contributed by atoms with Crippen molar-refractivity contribution in [3.05, 3.63) is 41.9 Å². The van der Waals surface area contributed by atoms with Gasteiger partial charge >= 0.3 is 0 Å². The van der Waals surface area contributed by atoms with E-state index >= 15 is 0 Å². The van der Waals surface area contributed by atoms with Crippen LogP contribution in [0.3, 0.4) is 0 Å². The van der Waals surface area contributed by atoms with Gasteiger partial charge in [0.25, 0.3) is 10.0 Å². The zero-order valence-corrected chi connectivity index (χ0v) is 12.0. The molecule has 0 fully saturated rings. The van der Waals surface area contributed by atoms with Crippen LogP contribution in [0.25, 0.3) is 0 Å². The van der Waals surface area contributed by atoms with Crippen LogP contribution < -0.4 is 10.5 Å². The molecular weight excluding hydrogens is 278 g/mol. The molecule has 108 valence electrons. The summed E-state index contributed by atoms with van der Waals surface area (Å²) in [5, 5.41) is 4.03. The van der Waals surface area contributed by atoms with Crippen LogP contribution in [0.2, 0.25) is 0 Å². The normalized spacial score (nSPS) is 11.7. The summed E-state index contributed by atoms with van der Waals surface area (Å²) in [6, 6.07) is 3.11. The second kappa shape index (κ2) is 6.12. The molecule has 20 heavy (non-hydrogen) atoms. The molecule has 2 rings (SSSR count). The van der Waals surface area contributed by atoms with Crippen LogP contribution in [0, 0.1) is 0 Å². The van der Waals surface area contributed by atoms with Gasteiger partial charge < -0.3 is 5.73 Å². The lowest BCUT2D eigenvalue weighted by Crippen LogP contribution is -2.26. The van der Waals surface area contributed by atoms with Gasteiger partial charge in [-0.3, -0.25) is 4.68 Å². The molecule has 0 bridgehead atoms. The van der Waals surface area contributed by atoms with E-state index in [1.54, 1.807) is 16.9 Å². The molecular formula is C12H17N5O2S. The number of nitrogens with two attached hydrogens (primary N) is 1. The number of nitrogens with zero attached hydrogens (tertiary/aromatic N) is 3. The number of rotatable bonds is 6. The van der Waals surface area contributed by atoms with E-state index in [1.165, 1.54) is 12.3 Å². The summed E-state index contributed by atoms with van der Waals surface area (Å²) in [5.41, 5.74) is 7.21. The van der Waals surface area contributed by atoms with E-state index in [4.69, 9.17) is 5.73 Å². The standard InChI is InChI=1S/C12H17N5O2S/c1-17-9-11(8-15-17)4-5-16-20(18,19)12-3-2-10(6-13)7-14-12/h2-3,7-9,16H,4-6,13H2,1H3. The van der Waals surface area contributed by atoms with E-state index in [0.717, 1.165) is 11.1 Å². The third-order valence-corrected chi connectivity index (χ3v) is 4.15. The number of aryl methyl sites for hydroxylation is 1. The highest BCUT2D eigenvalue weighted by molar-refractivity contribution is 7.89. The van der Waals surface area contributed by atoms with Crippen molar-refractivity contribution in [2.45, 2.75) is 18.0 Å². The van der Waals surface area contributed by atoms with Crippen LogP contribution >= 0.6 is 0 Å². The Morgan fingerprint density at radius 3 is 2.65 bits per heavy atom. The number of nitrogens with one attached hydrogen (secondary N) is 1. The molecule has 0 unspecified atom stereocenters. The Kier molecular flexibility index (Phi) is 4.48. The molecule has 2 heterocycles. The van der Waals surface area contributed by atoms with Crippen molar-refractivity contribution in [2.24, 2.45) is 12.8 Å². The van der Waals surface area contributed by atoms with Gasteiger partial charge in [-0.15, -0.1) is 0 Å². The fourth-order valence-corrected chi connectivity index (χ4v) is 2.65. The Morgan fingerprint density at radius 2 is 2.10 bits per heavy atom. The van der Waals surface area contributed by atoms with Crippen molar-refractivity contribution >= 4 is 10.0 Å². The maximum Gasteiger partial charge on any atom is 0.258 e. The number of pyridine rings is 1. The summed E-state index contributed by atoms with van der Waals surface area (Å²) < 4.78 is 28.2. The second-order valence-electron chi connectivity index (χ2n) is 4.38. The van der Waals surface area contributed by atoms with Crippen LogP contribution in [-0.2, 0) is 30.0 Å². The summed E-state index contributed by atoms with van der Waals surface area (Å²) in [7, 11) is -1.76. The van der Waals surface area contributed by atoms with Crippen LogP contribution in [0.15, 0.2) is 35.7 Å². The average Bonchev–Trinajstić information content (AvgIpc) is 2.84. The molecule has 2 aromatic heterocycles. The van der Waals surface area contributed by atoms with Gasteiger partial charge in [-0.25, -0.2) is 18.1 Å². The SMILES string of the molecule is Cn1cc(CCNS(=O)(=O)c2ccc(CN)cn2)cn1. The Balaban J connectivity index is 1.96. The van der Waals surface area contributed by atoms with Crippen LogP contribution in [0.5, 0.6) is 0 Å². The predicted molar refractivity (Wildman–Crippen MR) is 74.2 cm³/mol. The summed E-state index contributed by atoms with van der Waals surface area (Å²) in [6.07, 6.45) is 5.61. The molecule has 0 radical (unpaired) electrons. The van der Waals surface area contributed by atoms with Crippen LogP contribution in [0.4, 0.5) is 0 Å². The van der Waals surface area contributed by atoms with Gasteiger partial charge in [0.1, 0.15) is 0 Å². The van der Waals surface area contributed by atoms with Crippen LogP contribution in [0.1, 0.15) is 11.1 Å². The van der Waals surface area contributed by atoms with E-state index < -0.39 is 10.0 Å². The maximum absolute atomic E-state index is 12.0. The predicted octanol–water partition coefficient (Wildman–Crippen LogP) is -0.205. The first-order valence-electron chi connectivity index (χ1n) is 6.13. The zero-order chi connectivity index (χ0) is 14.6. The van der Waals surface area contributed by atoms with E-state index in [-0.39, 0.29) is 5.03 Å². The molecule has 0 aliphatic rings. The monoisotopic (exact) mass is 295 g/mol. The summed E-state index contributed by atoms with van der Waals surface area (Å²) in [6.45, 7) is 0.635. The molecule has 0 spiro atoms. The van der Waals surface area contributed by atoms with Gasteiger partial charge in [0, 0.05) is 32.5 Å². The second-order valence-corrected chi connectivity index (χ2v) is 6.09. The largest absolute Gasteiger partial charge is 0.326 e. The third-order valence-electron chi connectivity index (χ3n) is 2.77. The van der Waals surface area contributed by atoms with E-state index in [0.29, 0.717) is 19.5 Å². The van der Waals surface area contributed by atoms with Crippen molar-refractivity contribution in [3.63, 3.8) is 0 Å². The van der Waals surface area contributed by atoms with Crippen molar-refractivity contribution in [2.75, 3.05) is 6.54 Å². The van der Waals surface area contributed by atoms with Crippen molar-refractivity contribution < 1.29 is 8.42 Å². The Bertz CT molecular complexity index is 663. The first kappa shape index (κ1) is 14.6. The topological polar surface area (TPSA) is 103 Å². The number of hydrogen-bond acceptors (Lipinski definition) is 5. The van der Waals surface area contributed by atoms with Gasteiger partial charge in [0.2, 0.25) is 0 Å². The number of aromatic nitrogens is 3. The molecule has 8 heteroatoms. The van der Waals surface area contributed by atoms with E-state index in [1.807, 2.05) is 13.2 Å². The minimum atomic E-state index is -3.58. The van der Waals surface area contributed by atoms with Crippen molar-refractivity contribution in [1.82, 2.24) is 19.5 Å². The van der Waals surface area contributed by atoms with Crippen LogP contribution in [-0.4, -0.2) is 29.7 Å². The lowest BCUT2D eigenvalue weighted by atomic mass is 10.3. The van der Waals surface area contributed by atoms with Crippen molar-refractivity contribution in [3.8, 4) is 0 Å². The molecule has 0 saturated carbocycles. The quantitative estimate of drug-likeness (QED) is 0.768. The minimum Gasteiger partial charge on any atom is -0.326 e. The molecule has 2 aromatic rings. The lowest BCUT2D eigenvalue weighted by Gasteiger charge is -2.05. The highest BCUT2D eigenvalue weighted by Crippen LogP contribution is 2.06. The average molecular weight is 295 g/mol. The first-order chi connectivity index (χ1) is 9.51. The number of sulfonamides is 1. The Labute approximate surface area is 117 Å². The first-order valence-corrected chi connectivity index (χ1v) is 7.62. The summed E-state index contributed by atoms with van der Waals surface area (Å²) in [4.78, 5) is 3.90. The molecule has 0 saturated heterocycles. The van der Waals surface area contributed by atoms with Crippen molar-refractivity contribution in [1.29, 1.82) is 0 Å². The zero-order valence-electron chi connectivity index (χ0n) is 11.2. The molecule has 0 aliphatic heterocycles. The highest BCUT2D eigenvalue weighted by Gasteiger charge is 2.14. The lowest BCUT2D eigenvalue weighted by molar-refractivity contribution is 0.577. The summed E-state index contributed by atoms with van der Waals surface area (Å²) in [5.74, 6) is 0. The number of hydrogen-bond donors (Lipinski definition) is 2. The van der Waals surface area contributed by atoms with Gasteiger partial charge in [-0.1, -0.05) is 6.07 Å². The van der Waals surface area contributed by atoms with Gasteiger partial charge in [0.05, 0.1) is 6.20 Å². The molecule has 0 atom stereocenters. The van der Waals surface area contributed by atoms with Gasteiger partial charge in [-0.2, -0.15) is 5.10 Å². The smallest absolute Gasteiger partial charge is 0.258 e. The van der Waals surface area contributed by atoms with Gasteiger partial charge in [-0.05, 0) is 23.6 Å². The fourth-order valence-electron chi connectivity index (χ4n) is 1.70. The molecule has 0 amide bonds. The Morgan fingerprint density at radius 1 is 1.30 bits per heavy atom. The van der Waals surface area contributed by atoms with E-state index in [9.17, 15) is 8.42 Å². The maximum atomic E-state index is 12.0. The molecule has 0 aliphatic carbocycles. The highest BCUT2D eigenvalue weighted by atomic mass is 32.2. The molecule has 3 N–H and O–H groups in total. The Hall–Kier alpha value is -1.77. The third kappa shape index (κ3) is 3.62. The van der Waals surface area contributed by atoms with E-state index in [2.05, 4.69) is 14.8 Å². The molecule has 0 aromatic carbocycles. The molecule has 7 nitrogen and oxygen atoms in total. The minimum absolute atomic E-state index is 0.000821. The van der Waals surface area contributed by atoms with Gasteiger partial charge in [0.15, 0.2) is 5.03 Å².